The Bertz CT molecular complexity index is 432. The minimum Gasteiger partial charge on any atom is -0.478 e. The highest BCUT2D eigenvalue weighted by Crippen LogP contribution is 2.17. The lowest BCUT2D eigenvalue weighted by Crippen LogP contribution is -2.39. The third-order valence-corrected chi connectivity index (χ3v) is 2.34. The Morgan fingerprint density at radius 3 is 2.59 bits per heavy atom. The van der Waals surface area contributed by atoms with E-state index >= 15 is 0 Å². The number of hydrogen-bond donors (Lipinski definition) is 3. The number of anilines is 1. The van der Waals surface area contributed by atoms with Crippen molar-refractivity contribution in [2.45, 2.75) is 19.9 Å². The Balaban J connectivity index is 3.01. The van der Waals surface area contributed by atoms with Crippen LogP contribution in [0.25, 0.3) is 0 Å². The summed E-state index contributed by atoms with van der Waals surface area (Å²) in [6, 6.07) is 0.886. The number of nitrogens with two attached hydrogens (primary N) is 1. The average Bonchev–Trinajstić information content (AvgIpc) is 2.25. The Kier molecular flexibility index (Phi) is 4.03. The molecule has 4 N–H and O–H groups in total. The first-order chi connectivity index (χ1) is 7.93. The van der Waals surface area contributed by atoms with Crippen LogP contribution in [0.4, 0.5) is 5.69 Å². The van der Waals surface area contributed by atoms with Crippen LogP contribution in [-0.2, 0) is 4.79 Å². The zero-order chi connectivity index (χ0) is 13.0. The van der Waals surface area contributed by atoms with Crippen LogP contribution in [0.3, 0.4) is 0 Å². The molecule has 0 bridgehead atoms. The fourth-order valence-corrected chi connectivity index (χ4v) is 1.42. The molecule has 1 atom stereocenters. The molecule has 1 aromatic heterocycles. The fraction of sp³-hybridized carbons (Fsp3) is 0.364. The molecule has 0 aliphatic heterocycles. The normalized spacial score (nSPS) is 12.2. The van der Waals surface area contributed by atoms with E-state index in [0.717, 1.165) is 0 Å². The van der Waals surface area contributed by atoms with Crippen molar-refractivity contribution in [1.82, 2.24) is 4.98 Å². The van der Waals surface area contributed by atoms with E-state index in [4.69, 9.17) is 10.8 Å². The number of nitrogens with one attached hydrogen (secondary N) is 1. The van der Waals surface area contributed by atoms with Crippen molar-refractivity contribution in [3.63, 3.8) is 0 Å². The molecule has 0 spiro atoms. The van der Waals surface area contributed by atoms with Gasteiger partial charge >= 0.3 is 5.97 Å². The van der Waals surface area contributed by atoms with Crippen molar-refractivity contribution in [3.05, 3.63) is 24.0 Å². The number of aromatic nitrogens is 1. The zero-order valence-electron chi connectivity index (χ0n) is 9.68. The smallest absolute Gasteiger partial charge is 0.339 e. The zero-order valence-corrected chi connectivity index (χ0v) is 9.68. The summed E-state index contributed by atoms with van der Waals surface area (Å²) in [4.78, 5) is 25.9. The first-order valence-electron chi connectivity index (χ1n) is 5.16. The summed E-state index contributed by atoms with van der Waals surface area (Å²) in [6.07, 6.45) is 2.68. The van der Waals surface area contributed by atoms with Crippen LogP contribution in [0.15, 0.2) is 18.5 Å². The molecule has 0 saturated carbocycles. The van der Waals surface area contributed by atoms with Gasteiger partial charge in [-0.1, -0.05) is 13.8 Å². The Morgan fingerprint density at radius 2 is 2.12 bits per heavy atom. The Morgan fingerprint density at radius 1 is 1.47 bits per heavy atom. The summed E-state index contributed by atoms with van der Waals surface area (Å²) in [5.74, 6) is -1.66. The topological polar surface area (TPSA) is 105 Å². The predicted molar refractivity (Wildman–Crippen MR) is 62.6 cm³/mol. The number of pyridine rings is 1. The quantitative estimate of drug-likeness (QED) is 0.699. The van der Waals surface area contributed by atoms with Crippen molar-refractivity contribution < 1.29 is 14.7 Å². The van der Waals surface area contributed by atoms with Crippen molar-refractivity contribution >= 4 is 17.6 Å². The second kappa shape index (κ2) is 5.29. The molecule has 1 rings (SSSR count). The molecule has 17 heavy (non-hydrogen) atoms. The van der Waals surface area contributed by atoms with Crippen LogP contribution in [0.1, 0.15) is 24.2 Å². The maximum absolute atomic E-state index is 11.2. The highest BCUT2D eigenvalue weighted by molar-refractivity contribution is 5.95. The van der Waals surface area contributed by atoms with Gasteiger partial charge < -0.3 is 16.2 Å². The van der Waals surface area contributed by atoms with Gasteiger partial charge in [-0.2, -0.15) is 0 Å². The van der Waals surface area contributed by atoms with E-state index in [2.05, 4.69) is 10.3 Å². The molecule has 1 heterocycles. The van der Waals surface area contributed by atoms with Crippen LogP contribution in [0.5, 0.6) is 0 Å². The lowest BCUT2D eigenvalue weighted by Gasteiger charge is -2.20. The summed E-state index contributed by atoms with van der Waals surface area (Å²) >= 11 is 0. The van der Waals surface area contributed by atoms with Crippen molar-refractivity contribution in [3.8, 4) is 0 Å². The van der Waals surface area contributed by atoms with Crippen molar-refractivity contribution in [1.29, 1.82) is 0 Å². The number of carbonyl (C=O) groups excluding carboxylic acids is 1. The summed E-state index contributed by atoms with van der Waals surface area (Å²) in [7, 11) is 0. The average molecular weight is 237 g/mol. The second-order valence-electron chi connectivity index (χ2n) is 3.99. The van der Waals surface area contributed by atoms with Gasteiger partial charge in [0.25, 0.3) is 0 Å². The van der Waals surface area contributed by atoms with Gasteiger partial charge in [0.1, 0.15) is 11.6 Å². The summed E-state index contributed by atoms with van der Waals surface area (Å²) in [5.41, 5.74) is 5.60. The molecule has 0 radical (unpaired) electrons. The number of nitrogens with zero attached hydrogens (tertiary/aromatic N) is 1. The summed E-state index contributed by atoms with van der Waals surface area (Å²) in [5, 5.41) is 11.8. The maximum atomic E-state index is 11.2. The summed E-state index contributed by atoms with van der Waals surface area (Å²) < 4.78 is 0. The van der Waals surface area contributed by atoms with E-state index in [0.29, 0.717) is 5.69 Å². The number of amides is 1. The third-order valence-electron chi connectivity index (χ3n) is 2.34. The van der Waals surface area contributed by atoms with Gasteiger partial charge in [-0.25, -0.2) is 4.79 Å². The number of aromatic carboxylic acids is 1. The van der Waals surface area contributed by atoms with E-state index < -0.39 is 17.9 Å². The SMILES string of the molecule is CC(C)C(Nc1ccncc1C(=O)O)C(N)=O. The van der Waals surface area contributed by atoms with Gasteiger partial charge in [-0.05, 0) is 12.0 Å². The molecule has 92 valence electrons. The van der Waals surface area contributed by atoms with Crippen molar-refractivity contribution in [2.24, 2.45) is 11.7 Å². The Labute approximate surface area is 98.8 Å². The minimum absolute atomic E-state index is 0.0133. The maximum Gasteiger partial charge on any atom is 0.339 e. The molecule has 0 aliphatic rings. The minimum atomic E-state index is -1.10. The molecule has 0 aromatic carbocycles. The molecule has 6 nitrogen and oxygen atoms in total. The van der Waals surface area contributed by atoms with Crippen LogP contribution in [0.2, 0.25) is 0 Å². The lowest BCUT2D eigenvalue weighted by atomic mass is 10.0. The third kappa shape index (κ3) is 3.17. The summed E-state index contributed by atoms with van der Waals surface area (Å²) in [6.45, 7) is 3.65. The number of carboxylic acid groups (broad SMARTS) is 1. The second-order valence-corrected chi connectivity index (χ2v) is 3.99. The molecule has 6 heteroatoms. The van der Waals surface area contributed by atoms with Crippen LogP contribution >= 0.6 is 0 Å². The molecule has 1 amide bonds. The molecule has 0 fully saturated rings. The van der Waals surface area contributed by atoms with E-state index in [9.17, 15) is 9.59 Å². The monoisotopic (exact) mass is 237 g/mol. The first-order valence-corrected chi connectivity index (χ1v) is 5.16. The largest absolute Gasteiger partial charge is 0.478 e. The predicted octanol–water partition coefficient (Wildman–Crippen LogP) is 0.702. The lowest BCUT2D eigenvalue weighted by molar-refractivity contribution is -0.119. The number of hydrogen-bond acceptors (Lipinski definition) is 4. The van der Waals surface area contributed by atoms with Crippen molar-refractivity contribution in [2.75, 3.05) is 5.32 Å². The van der Waals surface area contributed by atoms with Gasteiger partial charge in [0.2, 0.25) is 5.91 Å². The highest BCUT2D eigenvalue weighted by Gasteiger charge is 2.21. The number of carbonyl (C=O) groups is 2. The van der Waals surface area contributed by atoms with Crippen LogP contribution in [-0.4, -0.2) is 28.0 Å². The molecular formula is C11H15N3O3. The van der Waals surface area contributed by atoms with E-state index in [1.807, 2.05) is 13.8 Å². The van der Waals surface area contributed by atoms with Gasteiger partial charge in [-0.15, -0.1) is 0 Å². The van der Waals surface area contributed by atoms with Crippen LogP contribution < -0.4 is 11.1 Å². The molecule has 0 saturated heterocycles. The van der Waals surface area contributed by atoms with Gasteiger partial charge in [0.15, 0.2) is 0 Å². The molecule has 0 aliphatic carbocycles. The number of rotatable bonds is 5. The standard InChI is InChI=1S/C11H15N3O3/c1-6(2)9(10(12)15)14-8-3-4-13-5-7(8)11(16)17/h3-6,9H,1-2H3,(H2,12,15)(H,13,14)(H,16,17). The van der Waals surface area contributed by atoms with Gasteiger partial charge in [0, 0.05) is 12.4 Å². The first kappa shape index (κ1) is 13.0. The molecular weight excluding hydrogens is 222 g/mol. The van der Waals surface area contributed by atoms with Crippen LogP contribution in [0, 0.1) is 5.92 Å². The van der Waals surface area contributed by atoms with E-state index in [1.165, 1.54) is 18.5 Å². The molecule has 1 unspecified atom stereocenters. The van der Waals surface area contributed by atoms with E-state index in [-0.39, 0.29) is 11.5 Å². The van der Waals surface area contributed by atoms with Gasteiger partial charge in [0.05, 0.1) is 5.69 Å². The van der Waals surface area contributed by atoms with Gasteiger partial charge in [-0.3, -0.25) is 9.78 Å². The molecule has 1 aromatic rings. The number of primary amides is 1. The highest BCUT2D eigenvalue weighted by atomic mass is 16.4. The van der Waals surface area contributed by atoms with E-state index in [1.54, 1.807) is 0 Å². The Hall–Kier alpha value is -2.11. The fourth-order valence-electron chi connectivity index (χ4n) is 1.42. The number of carboxylic acids is 1.